The Bertz CT molecular complexity index is 718. The average Bonchev–Trinajstić information content (AvgIpc) is 2.88. The third-order valence-corrected chi connectivity index (χ3v) is 4.95. The minimum Gasteiger partial charge on any atom is -0.444 e. The van der Waals surface area contributed by atoms with Crippen LogP contribution in [-0.4, -0.2) is 47.1 Å². The molecular weight excluding hydrogens is 378 g/mol. The van der Waals surface area contributed by atoms with Crippen molar-refractivity contribution in [3.8, 4) is 0 Å². The second-order valence-electron chi connectivity index (χ2n) is 6.60. The van der Waals surface area contributed by atoms with Gasteiger partial charge in [-0.15, -0.1) is 0 Å². The number of hydrogen-bond donors (Lipinski definition) is 0. The van der Waals surface area contributed by atoms with Crippen molar-refractivity contribution in [2.75, 3.05) is 31.1 Å². The van der Waals surface area contributed by atoms with Gasteiger partial charge in [0, 0.05) is 36.0 Å². The van der Waals surface area contributed by atoms with Crippen molar-refractivity contribution in [3.05, 3.63) is 22.7 Å². The number of nitrogens with zero attached hydrogens (tertiary/aromatic N) is 3. The highest BCUT2D eigenvalue weighted by Gasteiger charge is 2.27. The molecule has 0 spiro atoms. The Balaban J connectivity index is 1.69. The number of hydrogen-bond acceptors (Lipinski definition) is 5. The number of piperazine rings is 1. The van der Waals surface area contributed by atoms with Crippen LogP contribution in [0.3, 0.4) is 0 Å². The van der Waals surface area contributed by atoms with E-state index in [2.05, 4.69) is 37.3 Å². The SMILES string of the molecule is CC(C)(C)OC(=O)N1CCN(c2nsc3ccc(Br)cc23)CC1. The molecule has 23 heavy (non-hydrogen) atoms. The van der Waals surface area contributed by atoms with E-state index in [9.17, 15) is 4.79 Å². The number of anilines is 1. The molecule has 2 aromatic rings. The van der Waals surface area contributed by atoms with Crippen LogP contribution >= 0.6 is 27.5 Å². The zero-order valence-electron chi connectivity index (χ0n) is 13.5. The fourth-order valence-electron chi connectivity index (χ4n) is 2.55. The van der Waals surface area contributed by atoms with Crippen molar-refractivity contribution in [3.63, 3.8) is 0 Å². The number of carbonyl (C=O) groups excluding carboxylic acids is 1. The van der Waals surface area contributed by atoms with Crippen molar-refractivity contribution in [1.82, 2.24) is 9.27 Å². The fraction of sp³-hybridized carbons (Fsp3) is 0.500. The summed E-state index contributed by atoms with van der Waals surface area (Å²) in [6.07, 6.45) is -0.233. The first-order valence-electron chi connectivity index (χ1n) is 7.61. The van der Waals surface area contributed by atoms with Crippen LogP contribution in [0.2, 0.25) is 0 Å². The van der Waals surface area contributed by atoms with Crippen molar-refractivity contribution < 1.29 is 9.53 Å². The number of aromatic nitrogens is 1. The Morgan fingerprint density at radius 1 is 1.26 bits per heavy atom. The van der Waals surface area contributed by atoms with Crippen LogP contribution in [0.15, 0.2) is 22.7 Å². The first-order chi connectivity index (χ1) is 10.8. The topological polar surface area (TPSA) is 45.7 Å². The third kappa shape index (κ3) is 3.77. The van der Waals surface area contributed by atoms with Crippen LogP contribution in [0, 0.1) is 0 Å². The lowest BCUT2D eigenvalue weighted by molar-refractivity contribution is 0.0240. The molecular formula is C16H20BrN3O2S. The maximum absolute atomic E-state index is 12.1. The molecule has 0 atom stereocenters. The van der Waals surface area contributed by atoms with Gasteiger partial charge in [0.15, 0.2) is 0 Å². The Morgan fingerprint density at radius 2 is 1.96 bits per heavy atom. The molecule has 1 aromatic heterocycles. The normalized spacial score (nSPS) is 16.0. The molecule has 1 saturated heterocycles. The van der Waals surface area contributed by atoms with E-state index in [-0.39, 0.29) is 6.09 Å². The van der Waals surface area contributed by atoms with E-state index < -0.39 is 5.60 Å². The molecule has 1 aromatic carbocycles. The molecule has 3 rings (SSSR count). The lowest BCUT2D eigenvalue weighted by Crippen LogP contribution is -2.50. The monoisotopic (exact) mass is 397 g/mol. The van der Waals surface area contributed by atoms with Gasteiger partial charge in [-0.2, -0.15) is 4.37 Å². The van der Waals surface area contributed by atoms with Gasteiger partial charge >= 0.3 is 6.09 Å². The number of rotatable bonds is 1. The van der Waals surface area contributed by atoms with Crippen molar-refractivity contribution >= 4 is 49.5 Å². The van der Waals surface area contributed by atoms with E-state index in [1.54, 1.807) is 4.90 Å². The van der Waals surface area contributed by atoms with Gasteiger partial charge in [-0.25, -0.2) is 4.79 Å². The van der Waals surface area contributed by atoms with E-state index in [0.717, 1.165) is 28.8 Å². The Kier molecular flexibility index (Phi) is 4.51. The highest BCUT2D eigenvalue weighted by Crippen LogP contribution is 2.32. The van der Waals surface area contributed by atoms with E-state index in [4.69, 9.17) is 4.74 Å². The maximum atomic E-state index is 12.1. The number of benzene rings is 1. The summed E-state index contributed by atoms with van der Waals surface area (Å²) in [5.74, 6) is 1.01. The van der Waals surface area contributed by atoms with Gasteiger partial charge in [-0.3, -0.25) is 0 Å². The highest BCUT2D eigenvalue weighted by atomic mass is 79.9. The summed E-state index contributed by atoms with van der Waals surface area (Å²) in [6.45, 7) is 8.51. The lowest BCUT2D eigenvalue weighted by Gasteiger charge is -2.35. The van der Waals surface area contributed by atoms with Gasteiger partial charge in [-0.1, -0.05) is 15.9 Å². The standard InChI is InChI=1S/C16H20BrN3O2S/c1-16(2,3)22-15(21)20-8-6-19(7-9-20)14-12-10-11(17)4-5-13(12)23-18-14/h4-5,10H,6-9H2,1-3H3. The van der Waals surface area contributed by atoms with E-state index >= 15 is 0 Å². The Morgan fingerprint density at radius 3 is 2.61 bits per heavy atom. The van der Waals surface area contributed by atoms with Crippen LogP contribution in [0.4, 0.5) is 10.6 Å². The summed E-state index contributed by atoms with van der Waals surface area (Å²) in [6, 6.07) is 6.22. The molecule has 7 heteroatoms. The number of ether oxygens (including phenoxy) is 1. The molecule has 0 N–H and O–H groups in total. The molecule has 0 aliphatic carbocycles. The molecule has 1 amide bonds. The highest BCUT2D eigenvalue weighted by molar-refractivity contribution is 9.10. The predicted molar refractivity (Wildman–Crippen MR) is 97.3 cm³/mol. The van der Waals surface area contributed by atoms with Gasteiger partial charge < -0.3 is 14.5 Å². The first-order valence-corrected chi connectivity index (χ1v) is 9.18. The van der Waals surface area contributed by atoms with Crippen molar-refractivity contribution in [1.29, 1.82) is 0 Å². The predicted octanol–water partition coefficient (Wildman–Crippen LogP) is 4.12. The van der Waals surface area contributed by atoms with Crippen molar-refractivity contribution in [2.45, 2.75) is 26.4 Å². The molecule has 1 aliphatic rings. The van der Waals surface area contributed by atoms with E-state index in [1.807, 2.05) is 26.8 Å². The Hall–Kier alpha value is -1.34. The van der Waals surface area contributed by atoms with Crippen LogP contribution in [-0.2, 0) is 4.74 Å². The molecule has 0 unspecified atom stereocenters. The quantitative estimate of drug-likeness (QED) is 0.725. The van der Waals surface area contributed by atoms with Gasteiger partial charge in [0.2, 0.25) is 0 Å². The lowest BCUT2D eigenvalue weighted by atomic mass is 10.2. The summed E-state index contributed by atoms with van der Waals surface area (Å²) in [4.78, 5) is 16.1. The summed E-state index contributed by atoms with van der Waals surface area (Å²) < 4.78 is 12.3. The number of carbonyl (C=O) groups is 1. The van der Waals surface area contributed by atoms with Gasteiger partial charge in [0.25, 0.3) is 0 Å². The number of fused-ring (bicyclic) bond motifs is 1. The maximum Gasteiger partial charge on any atom is 0.410 e. The average molecular weight is 398 g/mol. The molecule has 124 valence electrons. The van der Waals surface area contributed by atoms with E-state index in [0.29, 0.717) is 13.1 Å². The molecule has 0 bridgehead atoms. The third-order valence-electron chi connectivity index (χ3n) is 3.64. The van der Waals surface area contributed by atoms with Gasteiger partial charge in [-0.05, 0) is 50.5 Å². The molecule has 2 heterocycles. The number of halogens is 1. The van der Waals surface area contributed by atoms with E-state index in [1.165, 1.54) is 16.2 Å². The minimum atomic E-state index is -0.453. The van der Waals surface area contributed by atoms with Crippen LogP contribution in [0.5, 0.6) is 0 Å². The van der Waals surface area contributed by atoms with Crippen LogP contribution < -0.4 is 4.90 Å². The second kappa shape index (κ2) is 6.28. The zero-order chi connectivity index (χ0) is 16.6. The zero-order valence-corrected chi connectivity index (χ0v) is 15.9. The number of amides is 1. The second-order valence-corrected chi connectivity index (χ2v) is 8.32. The molecule has 0 saturated carbocycles. The fourth-order valence-corrected chi connectivity index (χ4v) is 3.69. The van der Waals surface area contributed by atoms with Crippen LogP contribution in [0.25, 0.3) is 10.1 Å². The molecule has 1 aliphatic heterocycles. The summed E-state index contributed by atoms with van der Waals surface area (Å²) >= 11 is 5.03. The van der Waals surface area contributed by atoms with Crippen molar-refractivity contribution in [2.24, 2.45) is 0 Å². The molecule has 0 radical (unpaired) electrons. The largest absolute Gasteiger partial charge is 0.444 e. The summed E-state index contributed by atoms with van der Waals surface area (Å²) in [7, 11) is 0. The summed E-state index contributed by atoms with van der Waals surface area (Å²) in [5.41, 5.74) is -0.453. The minimum absolute atomic E-state index is 0.233. The molecule has 1 fully saturated rings. The van der Waals surface area contributed by atoms with Gasteiger partial charge in [0.05, 0.1) is 4.70 Å². The first kappa shape index (κ1) is 16.5. The van der Waals surface area contributed by atoms with Gasteiger partial charge in [0.1, 0.15) is 11.4 Å². The van der Waals surface area contributed by atoms with Crippen LogP contribution in [0.1, 0.15) is 20.8 Å². The smallest absolute Gasteiger partial charge is 0.410 e. The molecule has 5 nitrogen and oxygen atoms in total. The Labute approximate surface area is 148 Å². The summed E-state index contributed by atoms with van der Waals surface area (Å²) in [5, 5.41) is 1.16.